The van der Waals surface area contributed by atoms with E-state index in [9.17, 15) is 18.8 Å². The van der Waals surface area contributed by atoms with Crippen molar-refractivity contribution < 1.29 is 14.0 Å². The highest BCUT2D eigenvalue weighted by Crippen LogP contribution is 2.28. The second-order valence-electron chi connectivity index (χ2n) is 9.30. The highest BCUT2D eigenvalue weighted by Gasteiger charge is 2.22. The molecule has 0 aliphatic heterocycles. The number of carbonyl (C=O) groups excluding carboxylic acids is 2. The number of hydrogen-bond donors (Lipinski definition) is 1. The van der Waals surface area contributed by atoms with Crippen LogP contribution in [0.4, 0.5) is 4.39 Å². The van der Waals surface area contributed by atoms with Crippen molar-refractivity contribution in [2.24, 2.45) is 0 Å². The highest BCUT2D eigenvalue weighted by atomic mass is 32.2. The Morgan fingerprint density at radius 2 is 1.68 bits per heavy atom. The van der Waals surface area contributed by atoms with E-state index in [1.807, 2.05) is 39.8 Å². The van der Waals surface area contributed by atoms with Crippen LogP contribution in [0.25, 0.3) is 16.6 Å². The average molecular weight is 518 g/mol. The van der Waals surface area contributed by atoms with E-state index in [1.165, 1.54) is 22.8 Å². The van der Waals surface area contributed by atoms with E-state index in [2.05, 4.69) is 10.3 Å². The largest absolute Gasteiger partial charge is 0.350 e. The summed E-state index contributed by atoms with van der Waals surface area (Å²) in [4.78, 5) is 44.1. The van der Waals surface area contributed by atoms with Gasteiger partial charge in [0.2, 0.25) is 0 Å². The molecule has 1 heterocycles. The summed E-state index contributed by atoms with van der Waals surface area (Å²) in [5.41, 5.74) is 3.24. The number of rotatable bonds is 7. The minimum absolute atomic E-state index is 0.0551. The topological polar surface area (TPSA) is 81.1 Å². The number of aryl methyl sites for hydroxylation is 2. The van der Waals surface area contributed by atoms with Gasteiger partial charge in [0, 0.05) is 17.2 Å². The number of ketones is 1. The van der Waals surface area contributed by atoms with Gasteiger partial charge in [-0.25, -0.2) is 9.37 Å². The zero-order valence-electron chi connectivity index (χ0n) is 21.3. The molecule has 4 aromatic rings. The summed E-state index contributed by atoms with van der Waals surface area (Å²) >= 11 is 1.12. The predicted molar refractivity (Wildman–Crippen MR) is 145 cm³/mol. The highest BCUT2D eigenvalue weighted by molar-refractivity contribution is 8.00. The third-order valence-corrected chi connectivity index (χ3v) is 7.08. The van der Waals surface area contributed by atoms with Gasteiger partial charge >= 0.3 is 0 Å². The molecule has 0 aliphatic rings. The average Bonchev–Trinajstić information content (AvgIpc) is 2.84. The lowest BCUT2D eigenvalue weighted by atomic mass is 10.0. The van der Waals surface area contributed by atoms with Gasteiger partial charge in [-0.05, 0) is 88.2 Å². The maximum atomic E-state index is 14.1. The van der Waals surface area contributed by atoms with E-state index in [0.29, 0.717) is 22.3 Å². The lowest BCUT2D eigenvalue weighted by molar-refractivity contribution is 0.0942. The quantitative estimate of drug-likeness (QED) is 0.195. The normalized spacial score (nSPS) is 12.1. The van der Waals surface area contributed by atoms with Gasteiger partial charge in [-0.2, -0.15) is 0 Å². The number of nitrogens with zero attached hydrogens (tertiary/aromatic N) is 2. The van der Waals surface area contributed by atoms with Crippen molar-refractivity contribution in [2.45, 2.75) is 51.1 Å². The van der Waals surface area contributed by atoms with Gasteiger partial charge in [-0.1, -0.05) is 30.0 Å². The molecule has 1 N–H and O–H groups in total. The summed E-state index contributed by atoms with van der Waals surface area (Å²) in [6.07, 6.45) is 0. The number of hydrogen-bond acceptors (Lipinski definition) is 5. The zero-order valence-corrected chi connectivity index (χ0v) is 22.2. The van der Waals surface area contributed by atoms with Crippen LogP contribution in [0.1, 0.15) is 52.6 Å². The van der Waals surface area contributed by atoms with Crippen molar-refractivity contribution in [3.8, 4) is 5.69 Å². The molecule has 0 unspecified atom stereocenters. The molecule has 8 heteroatoms. The Balaban J connectivity index is 1.83. The minimum Gasteiger partial charge on any atom is -0.350 e. The van der Waals surface area contributed by atoms with Crippen molar-refractivity contribution in [2.75, 3.05) is 0 Å². The number of halogens is 1. The van der Waals surface area contributed by atoms with Crippen LogP contribution in [0.5, 0.6) is 0 Å². The first-order valence-electron chi connectivity index (χ1n) is 12.0. The first-order valence-corrected chi connectivity index (χ1v) is 12.8. The van der Waals surface area contributed by atoms with Gasteiger partial charge < -0.3 is 5.32 Å². The van der Waals surface area contributed by atoms with E-state index in [-0.39, 0.29) is 28.3 Å². The Hall–Kier alpha value is -3.78. The molecular formula is C29H28FN3O3S. The number of nitrogens with one attached hydrogen (secondary N) is 1. The van der Waals surface area contributed by atoms with Gasteiger partial charge in [0.15, 0.2) is 10.9 Å². The fourth-order valence-electron chi connectivity index (χ4n) is 3.92. The monoisotopic (exact) mass is 517 g/mol. The molecule has 190 valence electrons. The Kier molecular flexibility index (Phi) is 7.59. The summed E-state index contributed by atoms with van der Waals surface area (Å²) < 4.78 is 15.4. The van der Waals surface area contributed by atoms with Crippen molar-refractivity contribution in [1.82, 2.24) is 14.9 Å². The summed E-state index contributed by atoms with van der Waals surface area (Å²) in [5.74, 6) is -0.890. The molecule has 0 saturated carbocycles. The van der Waals surface area contributed by atoms with Crippen LogP contribution in [0.2, 0.25) is 0 Å². The third-order valence-electron chi connectivity index (χ3n) is 6.03. The SMILES string of the molecule is Cc1ccc(C(=O)[C@H](C)Sc2nc3cc(C(=O)NC(C)C)ccc3c(=O)n2-c2cccc(F)c2)cc1C. The van der Waals surface area contributed by atoms with E-state index in [1.54, 1.807) is 37.3 Å². The number of thioether (sulfide) groups is 1. The number of benzene rings is 3. The predicted octanol–water partition coefficient (Wildman–Crippen LogP) is 5.64. The Morgan fingerprint density at radius 3 is 2.35 bits per heavy atom. The molecule has 0 bridgehead atoms. The van der Waals surface area contributed by atoms with Crippen molar-refractivity contribution >= 4 is 34.4 Å². The van der Waals surface area contributed by atoms with Gasteiger partial charge in [-0.15, -0.1) is 0 Å². The Bertz CT molecular complexity index is 1580. The second kappa shape index (κ2) is 10.7. The molecule has 6 nitrogen and oxygen atoms in total. The zero-order chi connectivity index (χ0) is 26.9. The summed E-state index contributed by atoms with van der Waals surface area (Å²) in [5, 5.41) is 2.76. The third kappa shape index (κ3) is 5.64. The molecule has 0 aliphatic carbocycles. The minimum atomic E-state index is -0.585. The number of fused-ring (bicyclic) bond motifs is 1. The van der Waals surface area contributed by atoms with Crippen LogP contribution < -0.4 is 10.9 Å². The van der Waals surface area contributed by atoms with Crippen LogP contribution >= 0.6 is 11.8 Å². The van der Waals surface area contributed by atoms with E-state index >= 15 is 0 Å². The molecule has 1 atom stereocenters. The van der Waals surface area contributed by atoms with Crippen LogP contribution in [0.15, 0.2) is 70.6 Å². The van der Waals surface area contributed by atoms with Gasteiger partial charge in [0.1, 0.15) is 5.82 Å². The smallest absolute Gasteiger partial charge is 0.266 e. The van der Waals surface area contributed by atoms with Gasteiger partial charge in [-0.3, -0.25) is 19.0 Å². The fraction of sp³-hybridized carbons (Fsp3) is 0.241. The summed E-state index contributed by atoms with van der Waals surface area (Å²) in [6, 6.07) is 15.8. The number of aromatic nitrogens is 2. The van der Waals surface area contributed by atoms with Crippen molar-refractivity contribution in [3.63, 3.8) is 0 Å². The first kappa shape index (κ1) is 26.3. The van der Waals surface area contributed by atoms with Crippen LogP contribution in [-0.2, 0) is 0 Å². The number of Topliss-reactive ketones (excluding diaryl/α,β-unsaturated/α-hetero) is 1. The molecular weight excluding hydrogens is 489 g/mol. The van der Waals surface area contributed by atoms with Crippen molar-refractivity contribution in [1.29, 1.82) is 0 Å². The summed E-state index contributed by atoms with van der Waals surface area (Å²) in [6.45, 7) is 9.40. The molecule has 0 spiro atoms. The lowest BCUT2D eigenvalue weighted by Crippen LogP contribution is -2.30. The van der Waals surface area contributed by atoms with Gasteiger partial charge in [0.25, 0.3) is 11.5 Å². The maximum Gasteiger partial charge on any atom is 0.266 e. The number of carbonyl (C=O) groups is 2. The molecule has 4 rings (SSSR count). The molecule has 1 amide bonds. The van der Waals surface area contributed by atoms with Gasteiger partial charge in [0.05, 0.1) is 21.8 Å². The van der Waals surface area contributed by atoms with Crippen LogP contribution in [0, 0.1) is 19.7 Å². The van der Waals surface area contributed by atoms with E-state index in [0.717, 1.165) is 22.9 Å². The molecule has 0 radical (unpaired) electrons. The fourth-order valence-corrected chi connectivity index (χ4v) is 4.92. The van der Waals surface area contributed by atoms with E-state index < -0.39 is 16.6 Å². The maximum absolute atomic E-state index is 14.1. The Morgan fingerprint density at radius 1 is 0.946 bits per heavy atom. The second-order valence-corrected chi connectivity index (χ2v) is 10.6. The standard InChI is InChI=1S/C29H28FN3O3S/c1-16(2)31-27(35)21-11-12-24-25(14-21)32-29(33(28(24)36)23-8-6-7-22(30)15-23)37-19(5)26(34)20-10-9-17(3)18(4)13-20/h6-16,19H,1-5H3,(H,31,35)/t19-/m0/s1. The molecule has 3 aromatic carbocycles. The first-order chi connectivity index (χ1) is 17.5. The lowest BCUT2D eigenvalue weighted by Gasteiger charge is -2.17. The van der Waals surface area contributed by atoms with Crippen LogP contribution in [-0.4, -0.2) is 32.5 Å². The molecule has 1 aromatic heterocycles. The van der Waals surface area contributed by atoms with Crippen LogP contribution in [0.3, 0.4) is 0 Å². The summed E-state index contributed by atoms with van der Waals surface area (Å²) in [7, 11) is 0. The Labute approximate surface area is 218 Å². The van der Waals surface area contributed by atoms with E-state index in [4.69, 9.17) is 0 Å². The molecule has 0 saturated heterocycles. The van der Waals surface area contributed by atoms with Crippen molar-refractivity contribution in [3.05, 3.63) is 99.1 Å². The number of amides is 1. The molecule has 0 fully saturated rings. The molecule has 37 heavy (non-hydrogen) atoms.